The Morgan fingerprint density at radius 3 is 1.95 bits per heavy atom. The highest BCUT2D eigenvalue weighted by Crippen LogP contribution is 2.25. The van der Waals surface area contributed by atoms with Gasteiger partial charge in [0.25, 0.3) is 5.91 Å². The van der Waals surface area contributed by atoms with Crippen LogP contribution in [0.1, 0.15) is 53.8 Å². The molecule has 0 aromatic carbocycles. The van der Waals surface area contributed by atoms with E-state index in [1.54, 1.807) is 0 Å². The summed E-state index contributed by atoms with van der Waals surface area (Å²) >= 11 is 0. The van der Waals surface area contributed by atoms with E-state index in [1.165, 1.54) is 5.06 Å². The third-order valence-corrected chi connectivity index (χ3v) is 2.56. The van der Waals surface area contributed by atoms with Gasteiger partial charge in [0.1, 0.15) is 5.76 Å². The van der Waals surface area contributed by atoms with E-state index in [2.05, 4.69) is 21.2 Å². The van der Waals surface area contributed by atoms with Gasteiger partial charge in [0.05, 0.1) is 12.0 Å². The Kier molecular flexibility index (Phi) is 4.65. The van der Waals surface area contributed by atoms with Gasteiger partial charge in [-0.05, 0) is 20.8 Å². The summed E-state index contributed by atoms with van der Waals surface area (Å²) < 4.78 is 4.33. The second kappa shape index (κ2) is 5.75. The molecule has 0 saturated carbocycles. The van der Waals surface area contributed by atoms with E-state index >= 15 is 0 Å². The maximum atomic E-state index is 11.2. The highest BCUT2D eigenvalue weighted by atomic mass is 16.7. The van der Waals surface area contributed by atoms with Crippen LogP contribution in [0.2, 0.25) is 0 Å². The lowest BCUT2D eigenvalue weighted by atomic mass is 9.96. The number of hydrogen-bond donors (Lipinski definition) is 1. The van der Waals surface area contributed by atoms with Crippen LogP contribution in [0.25, 0.3) is 0 Å². The van der Waals surface area contributed by atoms with Crippen molar-refractivity contribution in [1.29, 1.82) is 0 Å². The molecule has 21 heavy (non-hydrogen) atoms. The monoisotopic (exact) mass is 297 g/mol. The number of aromatic amines is 1. The van der Waals surface area contributed by atoms with E-state index < -0.39 is 5.76 Å². The molecule has 0 aliphatic carbocycles. The summed E-state index contributed by atoms with van der Waals surface area (Å²) in [6.45, 7) is 15.2. The van der Waals surface area contributed by atoms with E-state index in [0.29, 0.717) is 18.0 Å². The van der Waals surface area contributed by atoms with Crippen LogP contribution in [0.3, 0.4) is 0 Å². The van der Waals surface area contributed by atoms with Crippen LogP contribution >= 0.6 is 0 Å². The molecule has 1 aliphatic rings. The molecule has 7 heteroatoms. The van der Waals surface area contributed by atoms with Crippen molar-refractivity contribution < 1.29 is 14.2 Å². The van der Waals surface area contributed by atoms with Crippen molar-refractivity contribution >= 4 is 5.91 Å². The van der Waals surface area contributed by atoms with Crippen molar-refractivity contribution in [3.05, 3.63) is 28.7 Å². The molecule has 0 unspecified atom stereocenters. The van der Waals surface area contributed by atoms with Crippen molar-refractivity contribution in [2.24, 2.45) is 0 Å². The third-order valence-electron chi connectivity index (χ3n) is 2.56. The normalized spacial score (nSPS) is 15.6. The molecule has 0 spiro atoms. The summed E-state index contributed by atoms with van der Waals surface area (Å²) in [6, 6.07) is 0. The van der Waals surface area contributed by atoms with Crippen molar-refractivity contribution in [2.45, 2.75) is 58.9 Å². The van der Waals surface area contributed by atoms with Gasteiger partial charge in [-0.25, -0.2) is 4.79 Å². The van der Waals surface area contributed by atoms with Crippen molar-refractivity contribution in [3.63, 3.8) is 0 Å². The Morgan fingerprint density at radius 2 is 1.76 bits per heavy atom. The summed E-state index contributed by atoms with van der Waals surface area (Å²) in [7, 11) is 0. The van der Waals surface area contributed by atoms with Crippen LogP contribution in [0.15, 0.2) is 21.7 Å². The summed E-state index contributed by atoms with van der Waals surface area (Å²) in [5.74, 6) is 0.606. The molecule has 118 valence electrons. The number of amides is 1. The first-order valence-electron chi connectivity index (χ1n) is 6.66. The third kappa shape index (κ3) is 4.77. The van der Waals surface area contributed by atoms with Gasteiger partial charge in [0.15, 0.2) is 5.82 Å². The fraction of sp³-hybridized carbons (Fsp3) is 0.643. The molecule has 1 aliphatic heterocycles. The Balaban J connectivity index is 0.000000211. The number of aromatic nitrogens is 2. The first-order chi connectivity index (χ1) is 9.41. The molecule has 1 N–H and O–H groups in total. The molecule has 1 fully saturated rings. The van der Waals surface area contributed by atoms with Crippen molar-refractivity contribution in [2.75, 3.05) is 0 Å². The highest BCUT2D eigenvalue weighted by Gasteiger charge is 2.34. The first-order valence-corrected chi connectivity index (χ1v) is 6.66. The van der Waals surface area contributed by atoms with Crippen LogP contribution in [0.5, 0.6) is 0 Å². The van der Waals surface area contributed by atoms with E-state index in [1.807, 2.05) is 41.5 Å². The summed E-state index contributed by atoms with van der Waals surface area (Å²) in [6.07, 6.45) is 0.317. The smallest absolute Gasteiger partial charge is 0.381 e. The summed E-state index contributed by atoms with van der Waals surface area (Å²) in [4.78, 5) is 29.2. The number of nitrogens with one attached hydrogen (secondary N) is 1. The quantitative estimate of drug-likeness (QED) is 0.792. The Labute approximate surface area is 123 Å². The molecule has 1 aromatic heterocycles. The van der Waals surface area contributed by atoms with E-state index in [0.717, 1.165) is 0 Å². The second-order valence-corrected chi connectivity index (χ2v) is 6.86. The van der Waals surface area contributed by atoms with Gasteiger partial charge in [-0.15, -0.1) is 0 Å². The molecule has 1 saturated heterocycles. The zero-order valence-corrected chi connectivity index (χ0v) is 13.4. The fourth-order valence-corrected chi connectivity index (χ4v) is 1.52. The van der Waals surface area contributed by atoms with Crippen molar-refractivity contribution in [1.82, 2.24) is 15.2 Å². The number of hydrogen-bond acceptors (Lipinski definition) is 5. The van der Waals surface area contributed by atoms with Gasteiger partial charge in [-0.2, -0.15) is 5.06 Å². The van der Waals surface area contributed by atoms with Gasteiger partial charge in [-0.1, -0.05) is 32.5 Å². The summed E-state index contributed by atoms with van der Waals surface area (Å²) in [5.41, 5.74) is -0.414. The van der Waals surface area contributed by atoms with E-state index in [9.17, 15) is 9.59 Å². The minimum atomic E-state index is -0.495. The average Bonchev–Trinajstić information content (AvgIpc) is 2.84. The molecular formula is C14H23N3O4. The molecule has 7 nitrogen and oxygen atoms in total. The lowest BCUT2D eigenvalue weighted by molar-refractivity contribution is -0.176. The fourth-order valence-electron chi connectivity index (χ4n) is 1.52. The number of carbonyl (C=O) groups excluding carboxylic acids is 1. The van der Waals surface area contributed by atoms with Gasteiger partial charge < -0.3 is 4.84 Å². The number of nitrogens with zero attached hydrogens (tertiary/aromatic N) is 2. The van der Waals surface area contributed by atoms with E-state index in [-0.39, 0.29) is 16.9 Å². The summed E-state index contributed by atoms with van der Waals surface area (Å²) in [5, 5.41) is 4.91. The molecule has 0 atom stereocenters. The topological polar surface area (TPSA) is 88.4 Å². The maximum Gasteiger partial charge on any atom is 0.438 e. The lowest BCUT2D eigenvalue weighted by Gasteiger charge is -2.28. The van der Waals surface area contributed by atoms with Gasteiger partial charge in [-0.3, -0.25) is 14.3 Å². The molecular weight excluding hydrogens is 274 g/mol. The Bertz CT molecular complexity index is 572. The van der Waals surface area contributed by atoms with Crippen LogP contribution in [-0.4, -0.2) is 26.6 Å². The molecule has 0 radical (unpaired) electrons. The van der Waals surface area contributed by atoms with Gasteiger partial charge in [0.2, 0.25) is 0 Å². The minimum absolute atomic E-state index is 0.0116. The average molecular weight is 297 g/mol. The zero-order valence-electron chi connectivity index (χ0n) is 13.4. The van der Waals surface area contributed by atoms with Crippen LogP contribution in [0.4, 0.5) is 0 Å². The van der Waals surface area contributed by atoms with Crippen LogP contribution < -0.4 is 5.76 Å². The molecule has 1 amide bonds. The number of carbonyl (C=O) groups is 1. The first kappa shape index (κ1) is 17.0. The van der Waals surface area contributed by atoms with Crippen LogP contribution in [0, 0.1) is 0 Å². The number of H-pyrrole nitrogens is 1. The van der Waals surface area contributed by atoms with Crippen LogP contribution in [-0.2, 0) is 15.0 Å². The molecule has 1 aromatic rings. The van der Waals surface area contributed by atoms with Gasteiger partial charge >= 0.3 is 5.76 Å². The van der Waals surface area contributed by atoms with E-state index in [4.69, 9.17) is 4.84 Å². The SMILES string of the molecule is C=C1CC(=O)N(C(C)(C)C)O1.CC(C)(C)c1noc(=O)[nH]1. The van der Waals surface area contributed by atoms with Crippen molar-refractivity contribution in [3.8, 4) is 0 Å². The molecule has 2 rings (SSSR count). The lowest BCUT2D eigenvalue weighted by Crippen LogP contribution is -2.40. The standard InChI is InChI=1S/C8H13NO2.C6H10N2O2/c1-6-5-7(10)9(11-6)8(2,3)4;1-6(2,3)4-7-5(9)10-8-4/h1,5H2,2-4H3;1-3H3,(H,7,8,9). The largest absolute Gasteiger partial charge is 0.438 e. The Hall–Kier alpha value is -2.05. The second-order valence-electron chi connectivity index (χ2n) is 6.86. The Morgan fingerprint density at radius 1 is 1.19 bits per heavy atom. The zero-order chi connectivity index (χ0) is 16.4. The number of rotatable bonds is 0. The highest BCUT2D eigenvalue weighted by molar-refractivity contribution is 5.79. The minimum Gasteiger partial charge on any atom is -0.381 e. The predicted octanol–water partition coefficient (Wildman–Crippen LogP) is 2.12. The number of hydroxylamine groups is 2. The maximum absolute atomic E-state index is 11.2. The van der Waals surface area contributed by atoms with Gasteiger partial charge in [0, 0.05) is 5.41 Å². The molecule has 2 heterocycles. The molecule has 0 bridgehead atoms. The predicted molar refractivity (Wildman–Crippen MR) is 77.3 cm³/mol.